The van der Waals surface area contributed by atoms with Crippen LogP contribution in [-0.4, -0.2) is 76.6 Å². The Balaban J connectivity index is 1.48. The van der Waals surface area contributed by atoms with Crippen LogP contribution >= 0.6 is 0 Å². The van der Waals surface area contributed by atoms with E-state index in [9.17, 15) is 4.79 Å². The Kier molecular flexibility index (Phi) is 4.58. The summed E-state index contributed by atoms with van der Waals surface area (Å²) >= 11 is 0. The fraction of sp³-hybridized carbons (Fsp3) is 0.789. The Labute approximate surface area is 150 Å². The van der Waals surface area contributed by atoms with E-state index in [1.807, 2.05) is 6.20 Å². The summed E-state index contributed by atoms with van der Waals surface area (Å²) in [6.07, 6.45) is 7.42. The summed E-state index contributed by atoms with van der Waals surface area (Å²) in [4.78, 5) is 20.3. The Morgan fingerprint density at radius 2 is 2.16 bits per heavy atom. The number of hydrogen-bond acceptors (Lipinski definition) is 4. The molecule has 2 fully saturated rings. The predicted molar refractivity (Wildman–Crippen MR) is 97.1 cm³/mol. The second kappa shape index (κ2) is 6.72. The van der Waals surface area contributed by atoms with Crippen LogP contribution < -0.4 is 0 Å². The lowest BCUT2D eigenvalue weighted by molar-refractivity contribution is -0.137. The molecule has 6 nitrogen and oxygen atoms in total. The third-order valence-electron chi connectivity index (χ3n) is 6.56. The molecule has 0 saturated carbocycles. The first-order valence-corrected chi connectivity index (χ1v) is 9.83. The quantitative estimate of drug-likeness (QED) is 0.902. The predicted octanol–water partition coefficient (Wildman–Crippen LogP) is 1.49. The maximum atomic E-state index is 13.4. The number of amides is 1. The number of piperidine rings is 1. The lowest BCUT2D eigenvalue weighted by Gasteiger charge is -2.37. The number of nitrogens with one attached hydrogen (secondary N) is 1. The van der Waals surface area contributed by atoms with E-state index in [1.165, 1.54) is 37.2 Å². The first kappa shape index (κ1) is 17.0. The van der Waals surface area contributed by atoms with Crippen molar-refractivity contribution in [2.24, 2.45) is 5.41 Å². The number of H-pyrrole nitrogens is 1. The number of likely N-dealkylation sites (tertiary alicyclic amines) is 2. The highest BCUT2D eigenvalue weighted by Crippen LogP contribution is 2.43. The van der Waals surface area contributed by atoms with Crippen molar-refractivity contribution in [3.05, 3.63) is 17.5 Å². The summed E-state index contributed by atoms with van der Waals surface area (Å²) in [5.41, 5.74) is 2.75. The number of nitrogens with zero attached hydrogens (tertiary/aromatic N) is 4. The van der Waals surface area contributed by atoms with Crippen molar-refractivity contribution in [2.45, 2.75) is 51.6 Å². The van der Waals surface area contributed by atoms with Crippen molar-refractivity contribution < 1.29 is 4.79 Å². The van der Waals surface area contributed by atoms with Crippen LogP contribution in [0.25, 0.3) is 0 Å². The molecule has 1 spiro atoms. The molecule has 1 aromatic rings. The highest BCUT2D eigenvalue weighted by Gasteiger charge is 2.48. The van der Waals surface area contributed by atoms with E-state index in [4.69, 9.17) is 0 Å². The average Bonchev–Trinajstić information content (AvgIpc) is 3.22. The van der Waals surface area contributed by atoms with Crippen molar-refractivity contribution in [3.63, 3.8) is 0 Å². The van der Waals surface area contributed by atoms with Crippen LogP contribution in [0, 0.1) is 5.41 Å². The van der Waals surface area contributed by atoms with Gasteiger partial charge in [-0.1, -0.05) is 6.92 Å². The summed E-state index contributed by atoms with van der Waals surface area (Å²) in [7, 11) is 2.21. The highest BCUT2D eigenvalue weighted by molar-refractivity contribution is 5.82. The minimum atomic E-state index is 0.0804. The van der Waals surface area contributed by atoms with E-state index in [2.05, 4.69) is 38.9 Å². The molecule has 1 N–H and O–H groups in total. The lowest BCUT2D eigenvalue weighted by Crippen LogP contribution is -2.47. The maximum Gasteiger partial charge on any atom is 0.240 e. The number of rotatable bonds is 3. The standard InChI is InChI=1S/C19H31N5O/c1-3-7-24-14-19(5-9-22(2)10-6-19)11-17(24)18(25)23-8-4-16-15(13-23)12-20-21-16/h12,17H,3-11,13-14H2,1-2H3,(H,20,21). The van der Waals surface area contributed by atoms with E-state index in [-0.39, 0.29) is 6.04 Å². The molecule has 3 aliphatic rings. The zero-order valence-corrected chi connectivity index (χ0v) is 15.6. The van der Waals surface area contributed by atoms with Crippen LogP contribution in [0.3, 0.4) is 0 Å². The molecule has 0 aliphatic carbocycles. The molecule has 0 radical (unpaired) electrons. The van der Waals surface area contributed by atoms with Gasteiger partial charge in [-0.3, -0.25) is 14.8 Å². The molecular weight excluding hydrogens is 314 g/mol. The molecule has 4 heterocycles. The molecule has 1 atom stereocenters. The molecular formula is C19H31N5O. The summed E-state index contributed by atoms with van der Waals surface area (Å²) in [5, 5.41) is 7.20. The van der Waals surface area contributed by atoms with Gasteiger partial charge in [0.1, 0.15) is 0 Å². The van der Waals surface area contributed by atoms with Crippen LogP contribution in [0.4, 0.5) is 0 Å². The fourth-order valence-electron chi connectivity index (χ4n) is 4.99. The van der Waals surface area contributed by atoms with Crippen molar-refractivity contribution in [2.75, 3.05) is 39.8 Å². The van der Waals surface area contributed by atoms with E-state index < -0.39 is 0 Å². The van der Waals surface area contributed by atoms with Crippen LogP contribution in [0.1, 0.15) is 43.9 Å². The molecule has 6 heteroatoms. The molecule has 1 unspecified atom stereocenters. The van der Waals surface area contributed by atoms with Gasteiger partial charge in [-0.05, 0) is 57.8 Å². The molecule has 3 aliphatic heterocycles. The van der Waals surface area contributed by atoms with Crippen molar-refractivity contribution >= 4 is 5.91 Å². The second-order valence-corrected chi connectivity index (χ2v) is 8.38. The van der Waals surface area contributed by atoms with Crippen LogP contribution in [0.15, 0.2) is 6.20 Å². The molecule has 1 amide bonds. The first-order valence-electron chi connectivity index (χ1n) is 9.83. The maximum absolute atomic E-state index is 13.4. The Hall–Kier alpha value is -1.40. The highest BCUT2D eigenvalue weighted by atomic mass is 16.2. The number of aromatic amines is 1. The second-order valence-electron chi connectivity index (χ2n) is 8.38. The third-order valence-corrected chi connectivity index (χ3v) is 6.56. The molecule has 4 rings (SSSR count). The Bertz CT molecular complexity index is 619. The van der Waals surface area contributed by atoms with Gasteiger partial charge in [-0.15, -0.1) is 0 Å². The Morgan fingerprint density at radius 3 is 2.92 bits per heavy atom. The van der Waals surface area contributed by atoms with Crippen molar-refractivity contribution in [1.29, 1.82) is 0 Å². The van der Waals surface area contributed by atoms with Gasteiger partial charge in [0.2, 0.25) is 5.91 Å². The fourth-order valence-corrected chi connectivity index (χ4v) is 4.99. The zero-order chi connectivity index (χ0) is 17.4. The first-order chi connectivity index (χ1) is 12.1. The zero-order valence-electron chi connectivity index (χ0n) is 15.6. The van der Waals surface area contributed by atoms with Gasteiger partial charge in [-0.25, -0.2) is 0 Å². The summed E-state index contributed by atoms with van der Waals surface area (Å²) < 4.78 is 0. The smallest absolute Gasteiger partial charge is 0.240 e. The number of aromatic nitrogens is 2. The largest absolute Gasteiger partial charge is 0.336 e. The number of carbonyl (C=O) groups excluding carboxylic acids is 1. The van der Waals surface area contributed by atoms with Crippen LogP contribution in [0.2, 0.25) is 0 Å². The van der Waals surface area contributed by atoms with Gasteiger partial charge in [0.05, 0.1) is 12.2 Å². The number of carbonyl (C=O) groups is 1. The van der Waals surface area contributed by atoms with Crippen LogP contribution in [-0.2, 0) is 17.8 Å². The summed E-state index contributed by atoms with van der Waals surface area (Å²) in [6.45, 7) is 8.25. The monoisotopic (exact) mass is 345 g/mol. The third kappa shape index (κ3) is 3.22. The Morgan fingerprint density at radius 1 is 1.36 bits per heavy atom. The van der Waals surface area contributed by atoms with Gasteiger partial charge in [0.15, 0.2) is 0 Å². The SMILES string of the molecule is CCCN1CC2(CCN(C)CC2)CC1C(=O)N1CCc2[nH]ncc2C1. The van der Waals surface area contributed by atoms with Gasteiger partial charge < -0.3 is 9.80 Å². The molecule has 0 aromatic carbocycles. The normalized spacial score (nSPS) is 27.0. The number of fused-ring (bicyclic) bond motifs is 1. The van der Waals surface area contributed by atoms with E-state index in [0.29, 0.717) is 11.3 Å². The van der Waals surface area contributed by atoms with E-state index >= 15 is 0 Å². The van der Waals surface area contributed by atoms with E-state index in [0.717, 1.165) is 45.4 Å². The van der Waals surface area contributed by atoms with Gasteiger partial charge >= 0.3 is 0 Å². The summed E-state index contributed by atoms with van der Waals surface area (Å²) in [5.74, 6) is 0.344. The molecule has 0 bridgehead atoms. The van der Waals surface area contributed by atoms with Gasteiger partial charge in [-0.2, -0.15) is 5.10 Å². The van der Waals surface area contributed by atoms with Gasteiger partial charge in [0, 0.05) is 37.3 Å². The topological polar surface area (TPSA) is 55.5 Å². The minimum Gasteiger partial charge on any atom is -0.336 e. The van der Waals surface area contributed by atoms with Crippen molar-refractivity contribution in [1.82, 2.24) is 24.9 Å². The average molecular weight is 345 g/mol. The molecule has 25 heavy (non-hydrogen) atoms. The van der Waals surface area contributed by atoms with E-state index in [1.54, 1.807) is 0 Å². The molecule has 2 saturated heterocycles. The molecule has 1 aromatic heterocycles. The van der Waals surface area contributed by atoms with Crippen molar-refractivity contribution in [3.8, 4) is 0 Å². The minimum absolute atomic E-state index is 0.0804. The lowest BCUT2D eigenvalue weighted by atomic mass is 9.76. The van der Waals surface area contributed by atoms with Gasteiger partial charge in [0.25, 0.3) is 0 Å². The van der Waals surface area contributed by atoms with Crippen LogP contribution in [0.5, 0.6) is 0 Å². The number of hydrogen-bond donors (Lipinski definition) is 1. The molecule has 138 valence electrons. The summed E-state index contributed by atoms with van der Waals surface area (Å²) in [6, 6.07) is 0.0804.